The molecule has 1 fully saturated rings. The lowest BCUT2D eigenvalue weighted by molar-refractivity contribution is 0.287. The smallest absolute Gasteiger partial charge is 0.170 e. The molecule has 3 heterocycles. The van der Waals surface area contributed by atoms with Crippen molar-refractivity contribution in [3.8, 4) is 11.4 Å². The molecular formula is C25H30N4OS. The first-order valence-corrected chi connectivity index (χ1v) is 11.1. The van der Waals surface area contributed by atoms with Gasteiger partial charge < -0.3 is 19.5 Å². The van der Waals surface area contributed by atoms with Gasteiger partial charge in [0.25, 0.3) is 0 Å². The first-order chi connectivity index (χ1) is 14.9. The minimum Gasteiger partial charge on any atom is -0.497 e. The summed E-state index contributed by atoms with van der Waals surface area (Å²) in [6.07, 6.45) is 1.85. The Hall–Kier alpha value is -2.86. The first kappa shape index (κ1) is 21.4. The van der Waals surface area contributed by atoms with Crippen molar-refractivity contribution in [2.75, 3.05) is 13.7 Å². The highest BCUT2D eigenvalue weighted by Gasteiger charge is 2.41. The van der Waals surface area contributed by atoms with Crippen molar-refractivity contribution in [2.45, 2.75) is 39.8 Å². The van der Waals surface area contributed by atoms with E-state index in [2.05, 4.69) is 71.7 Å². The first-order valence-electron chi connectivity index (χ1n) is 10.7. The predicted octanol–water partition coefficient (Wildman–Crippen LogP) is 5.13. The van der Waals surface area contributed by atoms with Gasteiger partial charge in [0.2, 0.25) is 0 Å². The lowest BCUT2D eigenvalue weighted by Gasteiger charge is -2.29. The van der Waals surface area contributed by atoms with Gasteiger partial charge in [0.05, 0.1) is 24.9 Å². The Morgan fingerprint density at radius 3 is 2.48 bits per heavy atom. The van der Waals surface area contributed by atoms with Crippen LogP contribution in [0.15, 0.2) is 54.7 Å². The molecule has 0 saturated carbocycles. The molecule has 3 aromatic rings. The maximum atomic E-state index is 5.78. The standard InChI is InChI=1S/C25H30N4OS/c1-16(2)15-28-24(23(27-25(28)31)22-8-6-7-13-26-22)21-14-17(3)29(18(21)4)19-9-11-20(30-5)12-10-19/h6-14,16,23-24H,15H2,1-5H3,(H,27,31)/t23-,24-/m1/s1. The maximum absolute atomic E-state index is 5.78. The van der Waals surface area contributed by atoms with Gasteiger partial charge in [0.15, 0.2) is 5.11 Å². The number of nitrogens with one attached hydrogen (secondary N) is 1. The number of thiocarbonyl (C=S) groups is 1. The summed E-state index contributed by atoms with van der Waals surface area (Å²) in [4.78, 5) is 6.98. The number of pyridine rings is 1. The van der Waals surface area contributed by atoms with Crippen LogP contribution in [-0.2, 0) is 0 Å². The van der Waals surface area contributed by atoms with Gasteiger partial charge in [-0.3, -0.25) is 4.98 Å². The third-order valence-electron chi connectivity index (χ3n) is 5.88. The Bertz CT molecular complexity index is 1060. The summed E-state index contributed by atoms with van der Waals surface area (Å²) in [5.74, 6) is 1.35. The second kappa shape index (κ2) is 8.71. The van der Waals surface area contributed by atoms with Crippen molar-refractivity contribution in [3.05, 3.63) is 77.4 Å². The van der Waals surface area contributed by atoms with E-state index >= 15 is 0 Å². The summed E-state index contributed by atoms with van der Waals surface area (Å²) >= 11 is 5.78. The van der Waals surface area contributed by atoms with Crippen LogP contribution in [0.4, 0.5) is 0 Å². The molecule has 1 aromatic carbocycles. The summed E-state index contributed by atoms with van der Waals surface area (Å²) in [7, 11) is 1.69. The van der Waals surface area contributed by atoms with Gasteiger partial charge in [-0.15, -0.1) is 0 Å². The van der Waals surface area contributed by atoms with Crippen LogP contribution in [0.25, 0.3) is 5.69 Å². The van der Waals surface area contributed by atoms with Crippen molar-refractivity contribution in [1.82, 2.24) is 19.8 Å². The summed E-state index contributed by atoms with van der Waals surface area (Å²) in [6.45, 7) is 9.70. The number of hydrogen-bond acceptors (Lipinski definition) is 3. The van der Waals surface area contributed by atoms with E-state index in [0.29, 0.717) is 5.92 Å². The molecule has 0 unspecified atom stereocenters. The Morgan fingerprint density at radius 2 is 1.87 bits per heavy atom. The molecule has 0 radical (unpaired) electrons. The fourth-order valence-electron chi connectivity index (χ4n) is 4.55. The van der Waals surface area contributed by atoms with E-state index in [9.17, 15) is 0 Å². The molecule has 2 aromatic heterocycles. The molecule has 162 valence electrons. The third-order valence-corrected chi connectivity index (χ3v) is 6.23. The SMILES string of the molecule is COc1ccc(-n2c(C)cc([C@@H]3[C@@H](c4ccccn4)NC(=S)N3CC(C)C)c2C)cc1. The fourth-order valence-corrected chi connectivity index (χ4v) is 4.86. The topological polar surface area (TPSA) is 42.3 Å². The van der Waals surface area contributed by atoms with Crippen molar-refractivity contribution in [2.24, 2.45) is 5.92 Å². The maximum Gasteiger partial charge on any atom is 0.170 e. The monoisotopic (exact) mass is 434 g/mol. The second-order valence-corrected chi connectivity index (χ2v) is 8.92. The van der Waals surface area contributed by atoms with E-state index in [1.165, 1.54) is 17.0 Å². The number of ether oxygens (including phenoxy) is 1. The van der Waals surface area contributed by atoms with Crippen LogP contribution in [-0.4, -0.2) is 33.2 Å². The molecule has 2 atom stereocenters. The average molecular weight is 435 g/mol. The molecule has 1 saturated heterocycles. The lowest BCUT2D eigenvalue weighted by Crippen LogP contribution is -2.33. The minimum absolute atomic E-state index is 0.0114. The van der Waals surface area contributed by atoms with Crippen LogP contribution in [0.2, 0.25) is 0 Å². The van der Waals surface area contributed by atoms with Gasteiger partial charge in [-0.2, -0.15) is 0 Å². The molecule has 6 heteroatoms. The van der Waals surface area contributed by atoms with Crippen LogP contribution < -0.4 is 10.1 Å². The van der Waals surface area contributed by atoms with Gasteiger partial charge in [-0.25, -0.2) is 0 Å². The van der Waals surface area contributed by atoms with Crippen LogP contribution in [0, 0.1) is 19.8 Å². The molecule has 1 aliphatic heterocycles. The van der Waals surface area contributed by atoms with Crippen LogP contribution in [0.3, 0.4) is 0 Å². The zero-order chi connectivity index (χ0) is 22.1. The predicted molar refractivity (Wildman–Crippen MR) is 129 cm³/mol. The van der Waals surface area contributed by atoms with Crippen LogP contribution in [0.5, 0.6) is 5.75 Å². The molecular weight excluding hydrogens is 404 g/mol. The van der Waals surface area contributed by atoms with Crippen LogP contribution >= 0.6 is 12.2 Å². The average Bonchev–Trinajstić information content (AvgIpc) is 3.24. The summed E-state index contributed by atoms with van der Waals surface area (Å²) in [6, 6.07) is 16.7. The van der Waals surface area contributed by atoms with E-state index < -0.39 is 0 Å². The molecule has 5 nitrogen and oxygen atoms in total. The van der Waals surface area contributed by atoms with Crippen molar-refractivity contribution >= 4 is 17.3 Å². The van der Waals surface area contributed by atoms with Gasteiger partial charge in [0, 0.05) is 29.8 Å². The highest BCUT2D eigenvalue weighted by Crippen LogP contribution is 2.41. The normalized spacial score (nSPS) is 18.5. The van der Waals surface area contributed by atoms with Crippen LogP contribution in [0.1, 0.15) is 48.6 Å². The third kappa shape index (κ3) is 4.04. The highest BCUT2D eigenvalue weighted by molar-refractivity contribution is 7.80. The number of aromatic nitrogens is 2. The number of hydrogen-bond donors (Lipinski definition) is 1. The number of rotatable bonds is 6. The Labute approximate surface area is 190 Å². The molecule has 1 aliphatic rings. The highest BCUT2D eigenvalue weighted by atomic mass is 32.1. The number of benzene rings is 1. The molecule has 0 bridgehead atoms. The Morgan fingerprint density at radius 1 is 1.13 bits per heavy atom. The second-order valence-electron chi connectivity index (χ2n) is 8.53. The Kier molecular flexibility index (Phi) is 6.01. The molecule has 0 spiro atoms. The summed E-state index contributed by atoms with van der Waals surface area (Å²) < 4.78 is 7.64. The summed E-state index contributed by atoms with van der Waals surface area (Å²) in [5, 5.41) is 4.35. The fraction of sp³-hybridized carbons (Fsp3) is 0.360. The number of methoxy groups -OCH3 is 1. The van der Waals surface area contributed by atoms with Gasteiger partial charge >= 0.3 is 0 Å². The van der Waals surface area contributed by atoms with E-state index in [0.717, 1.165) is 28.8 Å². The molecule has 0 aliphatic carbocycles. The lowest BCUT2D eigenvalue weighted by atomic mass is 9.96. The summed E-state index contributed by atoms with van der Waals surface area (Å²) in [5.41, 5.74) is 5.82. The minimum atomic E-state index is 0.0114. The van der Waals surface area contributed by atoms with Crippen molar-refractivity contribution < 1.29 is 4.74 Å². The number of aryl methyl sites for hydroxylation is 1. The zero-order valence-corrected chi connectivity index (χ0v) is 19.6. The zero-order valence-electron chi connectivity index (χ0n) is 18.8. The van der Waals surface area contributed by atoms with Crippen molar-refractivity contribution in [3.63, 3.8) is 0 Å². The molecule has 4 rings (SSSR count). The van der Waals surface area contributed by atoms with Gasteiger partial charge in [-0.1, -0.05) is 19.9 Å². The van der Waals surface area contributed by atoms with Gasteiger partial charge in [0.1, 0.15) is 5.75 Å². The molecule has 0 amide bonds. The van der Waals surface area contributed by atoms with E-state index in [1.807, 2.05) is 30.5 Å². The van der Waals surface area contributed by atoms with E-state index in [4.69, 9.17) is 17.0 Å². The quantitative estimate of drug-likeness (QED) is 0.545. The van der Waals surface area contributed by atoms with E-state index in [1.54, 1.807) is 7.11 Å². The van der Waals surface area contributed by atoms with E-state index in [-0.39, 0.29) is 12.1 Å². The van der Waals surface area contributed by atoms with Crippen molar-refractivity contribution in [1.29, 1.82) is 0 Å². The molecule has 1 N–H and O–H groups in total. The molecule has 31 heavy (non-hydrogen) atoms. The largest absolute Gasteiger partial charge is 0.497 e. The van der Waals surface area contributed by atoms with Gasteiger partial charge in [-0.05, 0) is 80.0 Å². The Balaban J connectivity index is 1.81. The number of nitrogens with zero attached hydrogens (tertiary/aromatic N) is 3.